The van der Waals surface area contributed by atoms with Crippen LogP contribution in [-0.2, 0) is 4.79 Å². The average Bonchev–Trinajstić information content (AvgIpc) is 2.57. The van der Waals surface area contributed by atoms with Gasteiger partial charge in [0.25, 0.3) is 0 Å². The summed E-state index contributed by atoms with van der Waals surface area (Å²) in [7, 11) is 0. The van der Waals surface area contributed by atoms with E-state index < -0.39 is 0 Å². The van der Waals surface area contributed by atoms with Crippen molar-refractivity contribution in [3.63, 3.8) is 0 Å². The maximum atomic E-state index is 10.2. The molecule has 0 aromatic heterocycles. The van der Waals surface area contributed by atoms with Gasteiger partial charge in [-0.25, -0.2) is 0 Å². The second-order valence-corrected chi connectivity index (χ2v) is 6.95. The Morgan fingerprint density at radius 1 is 0.478 bits per heavy atom. The van der Waals surface area contributed by atoms with Crippen LogP contribution in [0.15, 0.2) is 12.2 Å². The first-order valence-corrected chi connectivity index (χ1v) is 10.5. The molecule has 0 fully saturated rings. The van der Waals surface area contributed by atoms with Crippen molar-refractivity contribution in [2.45, 2.75) is 122 Å². The smallest absolute Gasteiger partial charge is 0.119 e. The third-order valence-corrected chi connectivity index (χ3v) is 4.58. The van der Waals surface area contributed by atoms with E-state index >= 15 is 0 Å². The molecular weight excluding hydrogens is 280 g/mol. The number of allylic oxidation sites excluding steroid dienone is 2. The van der Waals surface area contributed by atoms with Crippen LogP contribution in [0.4, 0.5) is 0 Å². The minimum absolute atomic E-state index is 0.754. The molecule has 0 amide bonds. The van der Waals surface area contributed by atoms with Crippen LogP contribution in [-0.4, -0.2) is 6.29 Å². The lowest BCUT2D eigenvalue weighted by molar-refractivity contribution is -0.107. The lowest BCUT2D eigenvalue weighted by Crippen LogP contribution is -1.81. The summed E-state index contributed by atoms with van der Waals surface area (Å²) in [4.78, 5) is 10.2. The SMILES string of the molecule is CCCCCCCCCCC=CCCCCCCCCCC=O. The molecule has 0 aliphatic heterocycles. The maximum absolute atomic E-state index is 10.2. The molecule has 0 spiro atoms. The summed E-state index contributed by atoms with van der Waals surface area (Å²) in [6.07, 6.45) is 29.5. The summed E-state index contributed by atoms with van der Waals surface area (Å²) in [5.74, 6) is 0. The Balaban J connectivity index is 3.04. The van der Waals surface area contributed by atoms with Crippen molar-refractivity contribution in [2.75, 3.05) is 0 Å². The fourth-order valence-corrected chi connectivity index (χ4v) is 3.01. The number of hydrogen-bond donors (Lipinski definition) is 0. The van der Waals surface area contributed by atoms with Crippen LogP contribution in [0.1, 0.15) is 122 Å². The molecule has 1 heteroatoms. The molecular formula is C22H42O. The zero-order valence-corrected chi connectivity index (χ0v) is 15.9. The van der Waals surface area contributed by atoms with E-state index in [0.29, 0.717) is 0 Å². The number of unbranched alkanes of at least 4 members (excludes halogenated alkanes) is 16. The predicted molar refractivity (Wildman–Crippen MR) is 104 cm³/mol. The first-order valence-electron chi connectivity index (χ1n) is 10.5. The van der Waals surface area contributed by atoms with Crippen molar-refractivity contribution in [1.82, 2.24) is 0 Å². The molecule has 0 aliphatic carbocycles. The minimum atomic E-state index is 0.754. The fraction of sp³-hybridized carbons (Fsp3) is 0.864. The van der Waals surface area contributed by atoms with Gasteiger partial charge in [0.1, 0.15) is 6.29 Å². The topological polar surface area (TPSA) is 17.1 Å². The number of aldehydes is 1. The normalized spacial score (nSPS) is 11.3. The highest BCUT2D eigenvalue weighted by molar-refractivity contribution is 5.48. The lowest BCUT2D eigenvalue weighted by atomic mass is 10.1. The highest BCUT2D eigenvalue weighted by Gasteiger charge is 1.92. The van der Waals surface area contributed by atoms with Crippen molar-refractivity contribution in [2.24, 2.45) is 0 Å². The van der Waals surface area contributed by atoms with E-state index in [0.717, 1.165) is 19.1 Å². The Labute approximate surface area is 146 Å². The summed E-state index contributed by atoms with van der Waals surface area (Å²) in [6.45, 7) is 2.28. The molecule has 0 saturated carbocycles. The number of carbonyl (C=O) groups excluding carboxylic acids is 1. The fourth-order valence-electron chi connectivity index (χ4n) is 3.01. The van der Waals surface area contributed by atoms with Crippen LogP contribution in [0.3, 0.4) is 0 Å². The molecule has 0 rings (SSSR count). The molecule has 0 unspecified atom stereocenters. The number of carbonyl (C=O) groups is 1. The Hall–Kier alpha value is -0.590. The van der Waals surface area contributed by atoms with Gasteiger partial charge in [0.15, 0.2) is 0 Å². The van der Waals surface area contributed by atoms with Crippen LogP contribution in [0.25, 0.3) is 0 Å². The van der Waals surface area contributed by atoms with Crippen molar-refractivity contribution in [1.29, 1.82) is 0 Å². The summed E-state index contributed by atoms with van der Waals surface area (Å²) >= 11 is 0. The van der Waals surface area contributed by atoms with Gasteiger partial charge in [-0.15, -0.1) is 0 Å². The van der Waals surface area contributed by atoms with Crippen LogP contribution in [0, 0.1) is 0 Å². The van der Waals surface area contributed by atoms with Gasteiger partial charge in [0, 0.05) is 6.42 Å². The van der Waals surface area contributed by atoms with E-state index in [1.54, 1.807) is 0 Å². The van der Waals surface area contributed by atoms with Gasteiger partial charge in [-0.05, 0) is 32.1 Å². The third-order valence-electron chi connectivity index (χ3n) is 4.58. The van der Waals surface area contributed by atoms with Gasteiger partial charge in [-0.1, -0.05) is 96.1 Å². The standard InChI is InChI=1S/C22H42O/c1-2-3-4-5-6-7-8-9-10-11-12-13-14-15-16-17-18-19-20-21-22-23/h11-12,22H,2-10,13-21H2,1H3. The molecule has 0 radical (unpaired) electrons. The van der Waals surface area contributed by atoms with E-state index in [1.807, 2.05) is 0 Å². The van der Waals surface area contributed by atoms with Gasteiger partial charge in [0.05, 0.1) is 0 Å². The lowest BCUT2D eigenvalue weighted by Gasteiger charge is -2.00. The summed E-state index contributed by atoms with van der Waals surface area (Å²) < 4.78 is 0. The van der Waals surface area contributed by atoms with Crippen molar-refractivity contribution < 1.29 is 4.79 Å². The van der Waals surface area contributed by atoms with Crippen molar-refractivity contribution in [3.8, 4) is 0 Å². The van der Waals surface area contributed by atoms with Crippen molar-refractivity contribution in [3.05, 3.63) is 12.2 Å². The van der Waals surface area contributed by atoms with Gasteiger partial charge < -0.3 is 4.79 Å². The molecule has 1 nitrogen and oxygen atoms in total. The highest BCUT2D eigenvalue weighted by atomic mass is 16.1. The van der Waals surface area contributed by atoms with E-state index in [-0.39, 0.29) is 0 Å². The molecule has 0 saturated heterocycles. The Bertz CT molecular complexity index is 244. The minimum Gasteiger partial charge on any atom is -0.303 e. The summed E-state index contributed by atoms with van der Waals surface area (Å²) in [6, 6.07) is 0. The molecule has 0 aromatic carbocycles. The maximum Gasteiger partial charge on any atom is 0.119 e. The van der Waals surface area contributed by atoms with E-state index in [4.69, 9.17) is 0 Å². The van der Waals surface area contributed by atoms with E-state index in [2.05, 4.69) is 19.1 Å². The number of rotatable bonds is 19. The van der Waals surface area contributed by atoms with Gasteiger partial charge in [-0.2, -0.15) is 0 Å². The first kappa shape index (κ1) is 22.4. The molecule has 0 heterocycles. The second kappa shape index (κ2) is 21.4. The summed E-state index contributed by atoms with van der Waals surface area (Å²) in [5.41, 5.74) is 0. The summed E-state index contributed by atoms with van der Waals surface area (Å²) in [5, 5.41) is 0. The van der Waals surface area contributed by atoms with Gasteiger partial charge in [-0.3, -0.25) is 0 Å². The molecule has 23 heavy (non-hydrogen) atoms. The van der Waals surface area contributed by atoms with Gasteiger partial charge in [0.2, 0.25) is 0 Å². The molecule has 0 N–H and O–H groups in total. The third kappa shape index (κ3) is 21.4. The number of hydrogen-bond acceptors (Lipinski definition) is 1. The molecule has 0 bridgehead atoms. The van der Waals surface area contributed by atoms with E-state index in [9.17, 15) is 4.79 Å². The average molecular weight is 323 g/mol. The zero-order valence-electron chi connectivity index (χ0n) is 15.9. The highest BCUT2D eigenvalue weighted by Crippen LogP contribution is 2.11. The molecule has 0 aromatic rings. The molecule has 0 aliphatic rings. The van der Waals surface area contributed by atoms with Gasteiger partial charge >= 0.3 is 0 Å². The quantitative estimate of drug-likeness (QED) is 0.135. The van der Waals surface area contributed by atoms with Crippen LogP contribution in [0.2, 0.25) is 0 Å². The Morgan fingerprint density at radius 2 is 0.826 bits per heavy atom. The monoisotopic (exact) mass is 322 g/mol. The van der Waals surface area contributed by atoms with E-state index in [1.165, 1.54) is 103 Å². The molecule has 0 atom stereocenters. The largest absolute Gasteiger partial charge is 0.303 e. The Morgan fingerprint density at radius 3 is 1.22 bits per heavy atom. The van der Waals surface area contributed by atoms with Crippen molar-refractivity contribution >= 4 is 6.29 Å². The zero-order chi connectivity index (χ0) is 16.8. The second-order valence-electron chi connectivity index (χ2n) is 6.95. The van der Waals surface area contributed by atoms with Crippen LogP contribution < -0.4 is 0 Å². The first-order chi connectivity index (χ1) is 11.4. The van der Waals surface area contributed by atoms with Crippen LogP contribution >= 0.6 is 0 Å². The molecule has 136 valence electrons. The van der Waals surface area contributed by atoms with Crippen LogP contribution in [0.5, 0.6) is 0 Å². The Kier molecular flexibility index (Phi) is 20.9. The predicted octanol–water partition coefficient (Wildman–Crippen LogP) is 7.78.